The number of hydrogen-bond acceptors (Lipinski definition) is 7. The van der Waals surface area contributed by atoms with Crippen LogP contribution in [-0.2, 0) is 4.79 Å². The highest BCUT2D eigenvalue weighted by Crippen LogP contribution is 2.29. The Kier molecular flexibility index (Phi) is 8.16. The van der Waals surface area contributed by atoms with Crippen LogP contribution in [0.5, 0.6) is 0 Å². The van der Waals surface area contributed by atoms with Gasteiger partial charge in [-0.05, 0) is 43.3 Å². The van der Waals surface area contributed by atoms with Crippen molar-refractivity contribution in [3.63, 3.8) is 0 Å². The van der Waals surface area contributed by atoms with Crippen molar-refractivity contribution in [3.05, 3.63) is 53.4 Å². The largest absolute Gasteiger partial charge is 0.353 e. The lowest BCUT2D eigenvalue weighted by molar-refractivity contribution is -0.115. The van der Waals surface area contributed by atoms with E-state index in [-0.39, 0.29) is 18.0 Å². The molecular weight excluding hydrogens is 439 g/mol. The maximum Gasteiger partial charge on any atom is 0.239 e. The maximum absolute atomic E-state index is 14.2. The Labute approximate surface area is 190 Å². The lowest BCUT2D eigenvalue weighted by Gasteiger charge is -2.12. The molecule has 2 aromatic heterocycles. The van der Waals surface area contributed by atoms with E-state index in [0.29, 0.717) is 32.9 Å². The number of amides is 1. The molecule has 1 aromatic carbocycles. The third kappa shape index (κ3) is 6.61. The second-order valence-corrected chi connectivity index (χ2v) is 7.58. The van der Waals surface area contributed by atoms with Crippen molar-refractivity contribution < 1.29 is 9.18 Å². The predicted molar refractivity (Wildman–Crippen MR) is 124 cm³/mol. The Morgan fingerprint density at radius 3 is 2.84 bits per heavy atom. The zero-order valence-corrected chi connectivity index (χ0v) is 18.5. The third-order valence-electron chi connectivity index (χ3n) is 4.28. The minimum absolute atomic E-state index is 0.181. The van der Waals surface area contributed by atoms with Gasteiger partial charge in [-0.1, -0.05) is 24.9 Å². The Morgan fingerprint density at radius 1 is 1.19 bits per heavy atom. The van der Waals surface area contributed by atoms with Crippen molar-refractivity contribution in [2.24, 2.45) is 0 Å². The second kappa shape index (κ2) is 11.0. The summed E-state index contributed by atoms with van der Waals surface area (Å²) in [4.78, 5) is 16.2. The fourth-order valence-electron chi connectivity index (χ4n) is 2.73. The van der Waals surface area contributed by atoms with E-state index in [4.69, 9.17) is 11.6 Å². The number of pyridine rings is 1. The fourth-order valence-corrected chi connectivity index (χ4v) is 3.06. The number of halogens is 2. The van der Waals surface area contributed by atoms with Gasteiger partial charge in [0, 0.05) is 28.5 Å². The molecule has 0 aliphatic heterocycles. The van der Waals surface area contributed by atoms with Crippen LogP contribution in [0.2, 0.25) is 5.02 Å². The minimum Gasteiger partial charge on any atom is -0.353 e. The van der Waals surface area contributed by atoms with E-state index in [1.165, 1.54) is 18.2 Å². The van der Waals surface area contributed by atoms with Gasteiger partial charge in [0.2, 0.25) is 5.91 Å². The van der Waals surface area contributed by atoms with Crippen molar-refractivity contribution in [2.75, 3.05) is 23.7 Å². The number of carbonyl (C=O) groups excluding carboxylic acids is 1. The van der Waals surface area contributed by atoms with Crippen LogP contribution in [0, 0.1) is 5.82 Å². The summed E-state index contributed by atoms with van der Waals surface area (Å²) in [6.45, 7) is 3.09. The molecule has 0 bridgehead atoms. The highest BCUT2D eigenvalue weighted by atomic mass is 35.5. The monoisotopic (exact) mass is 460 g/mol. The molecule has 0 saturated heterocycles. The van der Waals surface area contributed by atoms with Crippen LogP contribution in [-0.4, -0.2) is 34.2 Å². The maximum atomic E-state index is 14.2. The number of nitrogens with one attached hydrogen (secondary N) is 3. The molecule has 0 spiro atoms. The second-order valence-electron chi connectivity index (χ2n) is 6.72. The van der Waals surface area contributed by atoms with Gasteiger partial charge in [0.1, 0.15) is 16.7 Å². The van der Waals surface area contributed by atoms with Gasteiger partial charge in [-0.15, -0.1) is 22.8 Å². The van der Waals surface area contributed by atoms with Crippen LogP contribution < -0.4 is 16.0 Å². The summed E-state index contributed by atoms with van der Waals surface area (Å²) in [5.41, 5.74) is 1.69. The van der Waals surface area contributed by atoms with Crippen molar-refractivity contribution in [1.82, 2.24) is 20.5 Å². The number of carbonyl (C=O) groups is 1. The average molecular weight is 461 g/mol. The first-order valence-electron chi connectivity index (χ1n) is 9.72. The SMILES string of the molecule is CCCCNCC(=O)Nc1cc(Nc2cc(-c3cc(Cl)ccc3F)nnc2S)ccn1. The van der Waals surface area contributed by atoms with Gasteiger partial charge in [-0.2, -0.15) is 0 Å². The van der Waals surface area contributed by atoms with Crippen LogP contribution in [0.15, 0.2) is 47.6 Å². The number of hydrogen-bond donors (Lipinski definition) is 4. The van der Waals surface area contributed by atoms with Crippen molar-refractivity contribution in [1.29, 1.82) is 0 Å². The van der Waals surface area contributed by atoms with Crippen molar-refractivity contribution in [2.45, 2.75) is 24.8 Å². The number of nitrogens with zero attached hydrogens (tertiary/aromatic N) is 3. The summed E-state index contributed by atoms with van der Waals surface area (Å²) in [7, 11) is 0. The van der Waals surface area contributed by atoms with Crippen LogP contribution in [0.4, 0.5) is 21.6 Å². The molecule has 3 N–H and O–H groups in total. The molecule has 0 aliphatic carbocycles. The van der Waals surface area contributed by atoms with Gasteiger partial charge in [0.05, 0.1) is 17.9 Å². The summed E-state index contributed by atoms with van der Waals surface area (Å²) >= 11 is 10.3. The first-order chi connectivity index (χ1) is 15.0. The van der Waals surface area contributed by atoms with E-state index in [9.17, 15) is 9.18 Å². The lowest BCUT2D eigenvalue weighted by atomic mass is 10.1. The van der Waals surface area contributed by atoms with Crippen LogP contribution in [0.25, 0.3) is 11.3 Å². The molecule has 7 nitrogen and oxygen atoms in total. The molecule has 0 fully saturated rings. The summed E-state index contributed by atoms with van der Waals surface area (Å²) in [5, 5.41) is 17.7. The van der Waals surface area contributed by atoms with Gasteiger partial charge in [-0.25, -0.2) is 9.37 Å². The molecule has 2 heterocycles. The van der Waals surface area contributed by atoms with Gasteiger partial charge in [0.25, 0.3) is 0 Å². The molecule has 31 heavy (non-hydrogen) atoms. The summed E-state index contributed by atoms with van der Waals surface area (Å²) in [6, 6.07) is 9.25. The number of thiol groups is 1. The molecule has 3 aromatic rings. The Bertz CT molecular complexity index is 1070. The number of anilines is 3. The molecule has 0 unspecified atom stereocenters. The first-order valence-corrected chi connectivity index (χ1v) is 10.5. The molecule has 0 aliphatic rings. The quantitative estimate of drug-likeness (QED) is 0.273. The van der Waals surface area contributed by atoms with E-state index in [0.717, 1.165) is 19.4 Å². The van der Waals surface area contributed by atoms with Gasteiger partial charge < -0.3 is 16.0 Å². The summed E-state index contributed by atoms with van der Waals surface area (Å²) in [5.74, 6) is -0.242. The molecule has 0 radical (unpaired) electrons. The summed E-state index contributed by atoms with van der Waals surface area (Å²) in [6.07, 6.45) is 3.64. The molecular formula is C21H22ClFN6OS. The predicted octanol–water partition coefficient (Wildman–Crippen LogP) is 4.69. The zero-order chi connectivity index (χ0) is 22.2. The van der Waals surface area contributed by atoms with Crippen molar-refractivity contribution in [3.8, 4) is 11.3 Å². The number of benzene rings is 1. The topological polar surface area (TPSA) is 91.8 Å². The summed E-state index contributed by atoms with van der Waals surface area (Å²) < 4.78 is 14.2. The van der Waals surface area contributed by atoms with Crippen LogP contribution in [0.1, 0.15) is 19.8 Å². The number of rotatable bonds is 9. The molecule has 1 amide bonds. The van der Waals surface area contributed by atoms with Crippen LogP contribution in [0.3, 0.4) is 0 Å². The van der Waals surface area contributed by atoms with Crippen molar-refractivity contribution >= 4 is 47.3 Å². The molecule has 162 valence electrons. The first kappa shape index (κ1) is 22.9. The number of aromatic nitrogens is 3. The lowest BCUT2D eigenvalue weighted by Crippen LogP contribution is -2.29. The molecule has 0 atom stereocenters. The Balaban J connectivity index is 1.73. The van der Waals surface area contributed by atoms with E-state index in [1.807, 2.05) is 0 Å². The minimum atomic E-state index is -0.460. The normalized spacial score (nSPS) is 10.7. The standard InChI is InChI=1S/C21H22ClFN6OS/c1-2-3-7-24-12-20(30)27-19-10-14(6-8-25-19)26-18-11-17(28-29-21(18)31)15-9-13(22)4-5-16(15)23/h4-6,8-11,24H,2-3,7,12H2,1H3,(H,29,31)(H2,25,26,27,28,30). The van der Waals surface area contributed by atoms with Crippen LogP contribution >= 0.6 is 24.2 Å². The van der Waals surface area contributed by atoms with Gasteiger partial charge in [0.15, 0.2) is 0 Å². The highest BCUT2D eigenvalue weighted by molar-refractivity contribution is 7.80. The average Bonchev–Trinajstić information content (AvgIpc) is 2.75. The van der Waals surface area contributed by atoms with E-state index >= 15 is 0 Å². The molecule has 10 heteroatoms. The highest BCUT2D eigenvalue weighted by Gasteiger charge is 2.12. The van der Waals surface area contributed by atoms with Gasteiger partial charge >= 0.3 is 0 Å². The Hall–Kier alpha value is -2.75. The van der Waals surface area contributed by atoms with Gasteiger partial charge in [-0.3, -0.25) is 4.79 Å². The molecule has 3 rings (SSSR count). The Morgan fingerprint density at radius 2 is 2.03 bits per heavy atom. The fraction of sp³-hybridized carbons (Fsp3) is 0.238. The third-order valence-corrected chi connectivity index (χ3v) is 4.84. The van der Waals surface area contributed by atoms with E-state index in [2.05, 4.69) is 50.7 Å². The van der Waals surface area contributed by atoms with E-state index < -0.39 is 5.82 Å². The smallest absolute Gasteiger partial charge is 0.239 e. The van der Waals surface area contributed by atoms with E-state index in [1.54, 1.807) is 24.4 Å². The number of unbranched alkanes of at least 4 members (excludes halogenated alkanes) is 1. The molecule has 0 saturated carbocycles. The zero-order valence-electron chi connectivity index (χ0n) is 16.8.